The summed E-state index contributed by atoms with van der Waals surface area (Å²) in [6.07, 6.45) is 3.15. The lowest BCUT2D eigenvalue weighted by molar-refractivity contribution is -0.195. The minimum Gasteiger partial charge on any atom is -0.465 e. The molecule has 0 radical (unpaired) electrons. The highest BCUT2D eigenvalue weighted by Crippen LogP contribution is 2.52. The van der Waals surface area contributed by atoms with Crippen LogP contribution in [-0.2, 0) is 23.8 Å². The van der Waals surface area contributed by atoms with Gasteiger partial charge in [0.25, 0.3) is 0 Å². The van der Waals surface area contributed by atoms with Crippen molar-refractivity contribution >= 4 is 17.7 Å². The highest BCUT2D eigenvalue weighted by Gasteiger charge is 2.61. The molecule has 1 aliphatic heterocycles. The van der Waals surface area contributed by atoms with Gasteiger partial charge in [0.1, 0.15) is 0 Å². The maximum atomic E-state index is 13.4. The van der Waals surface area contributed by atoms with Crippen molar-refractivity contribution in [2.45, 2.75) is 58.0 Å². The van der Waals surface area contributed by atoms with E-state index in [2.05, 4.69) is 0 Å². The van der Waals surface area contributed by atoms with Gasteiger partial charge in [-0.3, -0.25) is 14.4 Å². The Kier molecular flexibility index (Phi) is 6.73. The Balaban J connectivity index is 1.98. The summed E-state index contributed by atoms with van der Waals surface area (Å²) >= 11 is 0. The second-order valence-corrected chi connectivity index (χ2v) is 7.89. The van der Waals surface area contributed by atoms with Gasteiger partial charge in [-0.25, -0.2) is 0 Å². The average Bonchev–Trinajstić information content (AvgIpc) is 2.74. The van der Waals surface area contributed by atoms with E-state index < -0.39 is 28.9 Å². The van der Waals surface area contributed by atoms with E-state index in [1.807, 2.05) is 18.2 Å². The Hall–Kier alpha value is -2.21. The summed E-state index contributed by atoms with van der Waals surface area (Å²) in [7, 11) is 0. The summed E-state index contributed by atoms with van der Waals surface area (Å²) < 4.78 is 16.8. The van der Waals surface area contributed by atoms with Crippen LogP contribution in [0.25, 0.3) is 0 Å². The molecule has 1 aromatic carbocycles. The van der Waals surface area contributed by atoms with E-state index in [9.17, 15) is 14.4 Å². The van der Waals surface area contributed by atoms with Crippen LogP contribution in [0, 0.1) is 11.3 Å². The Morgan fingerprint density at radius 1 is 1.00 bits per heavy atom. The lowest BCUT2D eigenvalue weighted by Gasteiger charge is -2.50. The first-order valence-electron chi connectivity index (χ1n) is 10.6. The number of ketones is 1. The van der Waals surface area contributed by atoms with Gasteiger partial charge in [-0.05, 0) is 46.0 Å². The number of rotatable bonds is 6. The summed E-state index contributed by atoms with van der Waals surface area (Å²) in [5.74, 6) is -1.54. The Labute approximate surface area is 171 Å². The first kappa shape index (κ1) is 21.5. The summed E-state index contributed by atoms with van der Waals surface area (Å²) in [5.41, 5.74) is -1.65. The van der Waals surface area contributed by atoms with Gasteiger partial charge in [-0.2, -0.15) is 0 Å². The molecule has 1 aliphatic carbocycles. The fourth-order valence-electron chi connectivity index (χ4n) is 4.81. The molecule has 0 aromatic heterocycles. The molecule has 3 rings (SSSR count). The quantitative estimate of drug-likeness (QED) is 0.410. The smallest absolute Gasteiger partial charge is 0.323 e. The maximum Gasteiger partial charge on any atom is 0.323 e. The fraction of sp³-hybridized carbons (Fsp3) is 0.609. The minimum absolute atomic E-state index is 0.00816. The van der Waals surface area contributed by atoms with Gasteiger partial charge in [0.15, 0.2) is 11.2 Å². The van der Waals surface area contributed by atoms with Gasteiger partial charge in [0.05, 0.1) is 24.7 Å². The number of hydrogen-bond donors (Lipinski definition) is 0. The lowest BCUT2D eigenvalue weighted by Crippen LogP contribution is -2.58. The van der Waals surface area contributed by atoms with Gasteiger partial charge in [0, 0.05) is 18.6 Å². The molecule has 6 nitrogen and oxygen atoms in total. The zero-order valence-electron chi connectivity index (χ0n) is 17.3. The van der Waals surface area contributed by atoms with Crippen LogP contribution in [-0.4, -0.2) is 43.1 Å². The topological polar surface area (TPSA) is 78.9 Å². The molecular formula is C23H30O6. The standard InChI is InChI=1S/C23H30O6/c1-3-27-20(25)22(21(26)28-4-2)14-12-18(19(24)17-10-6-5-7-11-17)23(16-22)13-8-9-15-29-23/h5-7,10-11,18H,3-4,8-9,12-16H2,1-2H3/t18-,23-/m1/s1. The number of benzene rings is 1. The Bertz CT molecular complexity index is 717. The third kappa shape index (κ3) is 4.08. The number of carbonyl (C=O) groups is 3. The van der Waals surface area contributed by atoms with Crippen LogP contribution in [0.15, 0.2) is 30.3 Å². The number of hydrogen-bond acceptors (Lipinski definition) is 6. The van der Waals surface area contributed by atoms with Crippen molar-refractivity contribution < 1.29 is 28.6 Å². The molecule has 2 atom stereocenters. The van der Waals surface area contributed by atoms with Crippen molar-refractivity contribution in [3.8, 4) is 0 Å². The molecule has 1 spiro atoms. The summed E-state index contributed by atoms with van der Waals surface area (Å²) in [4.78, 5) is 39.3. The molecular weight excluding hydrogens is 372 g/mol. The van der Waals surface area contributed by atoms with Crippen LogP contribution in [0.4, 0.5) is 0 Å². The van der Waals surface area contributed by atoms with Gasteiger partial charge in [-0.15, -0.1) is 0 Å². The van der Waals surface area contributed by atoms with Crippen molar-refractivity contribution in [2.24, 2.45) is 11.3 Å². The molecule has 0 bridgehead atoms. The lowest BCUT2D eigenvalue weighted by atomic mass is 9.59. The highest BCUT2D eigenvalue weighted by molar-refractivity contribution is 6.02. The van der Waals surface area contributed by atoms with Crippen molar-refractivity contribution in [1.82, 2.24) is 0 Å². The first-order chi connectivity index (χ1) is 14.0. The molecule has 0 N–H and O–H groups in total. The van der Waals surface area contributed by atoms with Crippen molar-refractivity contribution in [2.75, 3.05) is 19.8 Å². The molecule has 1 saturated carbocycles. The van der Waals surface area contributed by atoms with Gasteiger partial charge in [0.2, 0.25) is 0 Å². The molecule has 29 heavy (non-hydrogen) atoms. The van der Waals surface area contributed by atoms with Crippen LogP contribution >= 0.6 is 0 Å². The van der Waals surface area contributed by atoms with E-state index in [1.54, 1.807) is 26.0 Å². The molecule has 2 fully saturated rings. The fourth-order valence-corrected chi connectivity index (χ4v) is 4.81. The van der Waals surface area contributed by atoms with Gasteiger partial charge >= 0.3 is 11.9 Å². The molecule has 1 saturated heterocycles. The van der Waals surface area contributed by atoms with Crippen LogP contribution in [0.5, 0.6) is 0 Å². The number of esters is 2. The van der Waals surface area contributed by atoms with Crippen molar-refractivity contribution in [1.29, 1.82) is 0 Å². The highest BCUT2D eigenvalue weighted by atomic mass is 16.6. The second kappa shape index (κ2) is 9.08. The van der Waals surface area contributed by atoms with Crippen LogP contribution in [0.1, 0.15) is 62.7 Å². The van der Waals surface area contributed by atoms with E-state index in [-0.39, 0.29) is 31.8 Å². The zero-order valence-corrected chi connectivity index (χ0v) is 17.3. The molecule has 0 amide bonds. The van der Waals surface area contributed by atoms with E-state index in [0.29, 0.717) is 25.0 Å². The van der Waals surface area contributed by atoms with Crippen LogP contribution < -0.4 is 0 Å². The maximum absolute atomic E-state index is 13.4. The summed E-state index contributed by atoms with van der Waals surface area (Å²) in [6, 6.07) is 9.16. The molecule has 2 aliphatic rings. The van der Waals surface area contributed by atoms with Crippen molar-refractivity contribution in [3.05, 3.63) is 35.9 Å². The van der Waals surface area contributed by atoms with E-state index in [4.69, 9.17) is 14.2 Å². The van der Waals surface area contributed by atoms with E-state index >= 15 is 0 Å². The first-order valence-corrected chi connectivity index (χ1v) is 10.6. The third-order valence-electron chi connectivity index (χ3n) is 6.19. The SMILES string of the molecule is CCOC(=O)C1(C(=O)OCC)CC[C@H](C(=O)c2ccccc2)[C@@]2(CCCCO2)C1. The monoisotopic (exact) mass is 402 g/mol. The normalized spacial score (nSPS) is 25.9. The Morgan fingerprint density at radius 2 is 1.66 bits per heavy atom. The third-order valence-corrected chi connectivity index (χ3v) is 6.19. The van der Waals surface area contributed by atoms with E-state index in [0.717, 1.165) is 12.8 Å². The van der Waals surface area contributed by atoms with E-state index in [1.165, 1.54) is 0 Å². The predicted molar refractivity (Wildman–Crippen MR) is 106 cm³/mol. The van der Waals surface area contributed by atoms with Gasteiger partial charge in [-0.1, -0.05) is 30.3 Å². The average molecular weight is 402 g/mol. The largest absolute Gasteiger partial charge is 0.465 e. The molecule has 1 heterocycles. The summed E-state index contributed by atoms with van der Waals surface area (Å²) in [6.45, 7) is 4.31. The zero-order chi connectivity index (χ0) is 20.9. The summed E-state index contributed by atoms with van der Waals surface area (Å²) in [5, 5.41) is 0. The van der Waals surface area contributed by atoms with Crippen LogP contribution in [0.2, 0.25) is 0 Å². The van der Waals surface area contributed by atoms with Gasteiger partial charge < -0.3 is 14.2 Å². The minimum atomic E-state index is -1.42. The number of carbonyl (C=O) groups excluding carboxylic acids is 3. The molecule has 6 heteroatoms. The second-order valence-electron chi connectivity index (χ2n) is 7.89. The molecule has 1 aromatic rings. The molecule has 0 unspecified atom stereocenters. The predicted octanol–water partition coefficient (Wildman–Crippen LogP) is 3.72. The van der Waals surface area contributed by atoms with Crippen molar-refractivity contribution in [3.63, 3.8) is 0 Å². The van der Waals surface area contributed by atoms with Crippen LogP contribution in [0.3, 0.4) is 0 Å². The molecule has 158 valence electrons. The number of Topliss-reactive ketones (excluding diaryl/α,β-unsaturated/α-hetero) is 1. The Morgan fingerprint density at radius 3 is 2.21 bits per heavy atom. The number of ether oxygens (including phenoxy) is 3.